The highest BCUT2D eigenvalue weighted by Gasteiger charge is 2.09. The number of unbranched alkanes of at least 4 members (excludes halogenated alkanes) is 2. The van der Waals surface area contributed by atoms with Gasteiger partial charge in [0.25, 0.3) is 0 Å². The van der Waals surface area contributed by atoms with Gasteiger partial charge >= 0.3 is 0 Å². The van der Waals surface area contributed by atoms with Crippen LogP contribution in [-0.4, -0.2) is 20.1 Å². The molecule has 1 aromatic carbocycles. The van der Waals surface area contributed by atoms with Crippen molar-refractivity contribution < 1.29 is 9.84 Å². The number of pyridine rings is 1. The highest BCUT2D eigenvalue weighted by molar-refractivity contribution is 5.75. The number of fused-ring (bicyclic) bond motifs is 1. The summed E-state index contributed by atoms with van der Waals surface area (Å²) >= 11 is 0. The molecule has 2 aromatic heterocycles. The van der Waals surface area contributed by atoms with Crippen LogP contribution in [0.2, 0.25) is 0 Å². The molecule has 130 valence electrons. The zero-order chi connectivity index (χ0) is 17.5. The minimum Gasteiger partial charge on any atom is -0.486 e. The molecule has 0 aliphatic heterocycles. The first-order chi connectivity index (χ1) is 12.3. The average molecular weight is 337 g/mol. The van der Waals surface area contributed by atoms with Gasteiger partial charge < -0.3 is 9.84 Å². The van der Waals surface area contributed by atoms with Crippen LogP contribution in [0.15, 0.2) is 48.9 Å². The van der Waals surface area contributed by atoms with Crippen molar-refractivity contribution in [2.75, 3.05) is 0 Å². The van der Waals surface area contributed by atoms with Crippen molar-refractivity contribution in [1.82, 2.24) is 15.0 Å². The number of nitrogens with zero attached hydrogens (tertiary/aromatic N) is 3. The highest BCUT2D eigenvalue weighted by atomic mass is 16.5. The van der Waals surface area contributed by atoms with Gasteiger partial charge in [-0.2, -0.15) is 0 Å². The third kappa shape index (κ3) is 4.73. The van der Waals surface area contributed by atoms with E-state index in [-0.39, 0.29) is 6.61 Å². The fourth-order valence-electron chi connectivity index (χ4n) is 2.69. The Balaban J connectivity index is 1.63. The molecule has 0 saturated carbocycles. The van der Waals surface area contributed by atoms with E-state index in [4.69, 9.17) is 4.74 Å². The van der Waals surface area contributed by atoms with Gasteiger partial charge in [0.2, 0.25) is 0 Å². The summed E-state index contributed by atoms with van der Waals surface area (Å²) in [6.45, 7) is 2.44. The summed E-state index contributed by atoms with van der Waals surface area (Å²) in [5.74, 6) is 1.32. The van der Waals surface area contributed by atoms with Crippen molar-refractivity contribution >= 4 is 10.9 Å². The van der Waals surface area contributed by atoms with Gasteiger partial charge in [0.1, 0.15) is 12.4 Å². The highest BCUT2D eigenvalue weighted by Crippen LogP contribution is 2.24. The molecular formula is C20H23N3O2. The Labute approximate surface area is 147 Å². The lowest BCUT2D eigenvalue weighted by atomic mass is 10.0. The van der Waals surface area contributed by atoms with Crippen molar-refractivity contribution in [2.45, 2.75) is 45.3 Å². The zero-order valence-electron chi connectivity index (χ0n) is 14.4. The molecule has 0 radical (unpaired) electrons. The van der Waals surface area contributed by atoms with Crippen molar-refractivity contribution in [3.05, 3.63) is 60.3 Å². The molecule has 5 heteroatoms. The van der Waals surface area contributed by atoms with Gasteiger partial charge in [0, 0.05) is 17.8 Å². The predicted molar refractivity (Wildman–Crippen MR) is 97.2 cm³/mol. The molecule has 1 atom stereocenters. The van der Waals surface area contributed by atoms with Crippen LogP contribution >= 0.6 is 0 Å². The van der Waals surface area contributed by atoms with Gasteiger partial charge in [-0.05, 0) is 30.2 Å². The van der Waals surface area contributed by atoms with Crippen LogP contribution in [0, 0.1) is 0 Å². The van der Waals surface area contributed by atoms with E-state index < -0.39 is 6.10 Å². The van der Waals surface area contributed by atoms with Crippen LogP contribution in [0.4, 0.5) is 0 Å². The van der Waals surface area contributed by atoms with E-state index in [1.165, 1.54) is 0 Å². The van der Waals surface area contributed by atoms with Crippen molar-refractivity contribution in [3.63, 3.8) is 0 Å². The fraction of sp³-hybridized carbons (Fsp3) is 0.350. The smallest absolute Gasteiger partial charge is 0.166 e. The quantitative estimate of drug-likeness (QED) is 0.623. The Morgan fingerprint density at radius 1 is 1.16 bits per heavy atom. The summed E-state index contributed by atoms with van der Waals surface area (Å²) in [4.78, 5) is 12.8. The molecular weight excluding hydrogens is 314 g/mol. The van der Waals surface area contributed by atoms with Gasteiger partial charge in [-0.3, -0.25) is 4.98 Å². The van der Waals surface area contributed by atoms with Crippen molar-refractivity contribution in [1.29, 1.82) is 0 Å². The molecule has 0 saturated heterocycles. The van der Waals surface area contributed by atoms with E-state index in [1.54, 1.807) is 18.6 Å². The van der Waals surface area contributed by atoms with E-state index in [2.05, 4.69) is 21.9 Å². The number of aliphatic hydroxyl groups is 1. The predicted octanol–water partition coefficient (Wildman–Crippen LogP) is 4.22. The Morgan fingerprint density at radius 2 is 2.08 bits per heavy atom. The second-order valence-corrected chi connectivity index (χ2v) is 6.09. The van der Waals surface area contributed by atoms with E-state index >= 15 is 0 Å². The largest absolute Gasteiger partial charge is 0.486 e. The van der Waals surface area contributed by atoms with E-state index in [0.29, 0.717) is 11.6 Å². The van der Waals surface area contributed by atoms with Crippen LogP contribution in [0.3, 0.4) is 0 Å². The average Bonchev–Trinajstić information content (AvgIpc) is 2.66. The number of hydrogen-bond donors (Lipinski definition) is 1. The molecule has 1 unspecified atom stereocenters. The SMILES string of the molecule is CCCCCC(O)c1cccc(OCc2ncc3ccncc3n2)c1. The van der Waals surface area contributed by atoms with Crippen LogP contribution in [0.5, 0.6) is 5.75 Å². The summed E-state index contributed by atoms with van der Waals surface area (Å²) in [7, 11) is 0. The van der Waals surface area contributed by atoms with Gasteiger partial charge in [-0.25, -0.2) is 9.97 Å². The summed E-state index contributed by atoms with van der Waals surface area (Å²) in [6, 6.07) is 9.48. The monoisotopic (exact) mass is 337 g/mol. The third-order valence-electron chi connectivity index (χ3n) is 4.13. The molecule has 3 rings (SSSR count). The molecule has 5 nitrogen and oxygen atoms in total. The first kappa shape index (κ1) is 17.3. The number of aromatic nitrogens is 3. The van der Waals surface area contributed by atoms with Crippen LogP contribution in [0.1, 0.15) is 50.1 Å². The molecule has 0 amide bonds. The molecule has 0 spiro atoms. The maximum absolute atomic E-state index is 10.3. The maximum atomic E-state index is 10.3. The first-order valence-electron chi connectivity index (χ1n) is 8.72. The lowest BCUT2D eigenvalue weighted by molar-refractivity contribution is 0.163. The normalized spacial score (nSPS) is 12.2. The lowest BCUT2D eigenvalue weighted by Crippen LogP contribution is -2.03. The number of aliphatic hydroxyl groups excluding tert-OH is 1. The number of ether oxygens (including phenoxy) is 1. The second-order valence-electron chi connectivity index (χ2n) is 6.09. The Morgan fingerprint density at radius 3 is 2.96 bits per heavy atom. The Bertz CT molecular complexity index is 823. The number of rotatable bonds is 8. The van der Waals surface area contributed by atoms with Gasteiger partial charge in [0.05, 0.1) is 17.8 Å². The molecule has 25 heavy (non-hydrogen) atoms. The molecule has 2 heterocycles. The molecule has 0 fully saturated rings. The van der Waals surface area contributed by atoms with Crippen molar-refractivity contribution in [3.8, 4) is 5.75 Å². The van der Waals surface area contributed by atoms with Crippen LogP contribution in [-0.2, 0) is 6.61 Å². The number of benzene rings is 1. The topological polar surface area (TPSA) is 68.1 Å². The van der Waals surface area contributed by atoms with Gasteiger partial charge in [-0.1, -0.05) is 38.3 Å². The summed E-state index contributed by atoms with van der Waals surface area (Å²) in [5, 5.41) is 11.2. The van der Waals surface area contributed by atoms with Crippen LogP contribution < -0.4 is 4.74 Å². The number of hydrogen-bond acceptors (Lipinski definition) is 5. The minimum atomic E-state index is -0.446. The van der Waals surface area contributed by atoms with E-state index in [1.807, 2.05) is 30.3 Å². The summed E-state index contributed by atoms with van der Waals surface area (Å²) in [5.41, 5.74) is 1.69. The summed E-state index contributed by atoms with van der Waals surface area (Å²) in [6.07, 6.45) is 8.86. The molecule has 0 aliphatic rings. The van der Waals surface area contributed by atoms with Gasteiger partial charge in [0.15, 0.2) is 5.82 Å². The Hall–Kier alpha value is -2.53. The summed E-state index contributed by atoms with van der Waals surface area (Å²) < 4.78 is 5.80. The first-order valence-corrected chi connectivity index (χ1v) is 8.72. The second kappa shape index (κ2) is 8.53. The molecule has 0 bridgehead atoms. The lowest BCUT2D eigenvalue weighted by Gasteiger charge is -2.12. The van der Waals surface area contributed by atoms with Gasteiger partial charge in [-0.15, -0.1) is 0 Å². The molecule has 1 N–H and O–H groups in total. The van der Waals surface area contributed by atoms with E-state index in [9.17, 15) is 5.11 Å². The minimum absolute atomic E-state index is 0.278. The Kier molecular flexibility index (Phi) is 5.90. The zero-order valence-corrected chi connectivity index (χ0v) is 14.4. The standard InChI is InChI=1S/C20H23N3O2/c1-2-3-4-8-19(24)15-6-5-7-17(11-15)25-14-20-22-12-16-9-10-21-13-18(16)23-20/h5-7,9-13,19,24H,2-4,8,14H2,1H3. The fourth-order valence-corrected chi connectivity index (χ4v) is 2.69. The van der Waals surface area contributed by atoms with Crippen molar-refractivity contribution in [2.24, 2.45) is 0 Å². The van der Waals surface area contributed by atoms with Crippen LogP contribution in [0.25, 0.3) is 10.9 Å². The molecule has 0 aliphatic carbocycles. The maximum Gasteiger partial charge on any atom is 0.166 e. The third-order valence-corrected chi connectivity index (χ3v) is 4.13. The molecule has 3 aromatic rings. The van der Waals surface area contributed by atoms with E-state index in [0.717, 1.165) is 42.1 Å².